The fourth-order valence-corrected chi connectivity index (χ4v) is 0.875. The van der Waals surface area contributed by atoms with Crippen molar-refractivity contribution in [3.8, 4) is 0 Å². The van der Waals surface area contributed by atoms with Gasteiger partial charge in [-0.3, -0.25) is 4.68 Å². The molecule has 10 heavy (non-hydrogen) atoms. The van der Waals surface area contributed by atoms with E-state index in [4.69, 9.17) is 6.57 Å². The van der Waals surface area contributed by atoms with Gasteiger partial charge in [-0.25, -0.2) is 6.57 Å². The summed E-state index contributed by atoms with van der Waals surface area (Å²) in [6.45, 7) is 9.05. The lowest BCUT2D eigenvalue weighted by Crippen LogP contribution is -1.96. The molecule has 0 aliphatic rings. The first-order chi connectivity index (χ1) is 4.75. The highest BCUT2D eigenvalue weighted by molar-refractivity contribution is 5.16. The lowest BCUT2D eigenvalue weighted by Gasteiger charge is -1.92. The molecular formula is C7H9N3. The molecule has 52 valence electrons. The van der Waals surface area contributed by atoms with Crippen LogP contribution in [0.5, 0.6) is 0 Å². The van der Waals surface area contributed by atoms with Gasteiger partial charge in [0.05, 0.1) is 6.20 Å². The fourth-order valence-electron chi connectivity index (χ4n) is 0.875. The van der Waals surface area contributed by atoms with Gasteiger partial charge in [0.2, 0.25) is 0 Å². The molecule has 0 atom stereocenters. The Morgan fingerprint density at radius 2 is 2.50 bits per heavy atom. The summed E-state index contributed by atoms with van der Waals surface area (Å²) < 4.78 is 1.74. The van der Waals surface area contributed by atoms with Crippen LogP contribution in [0.15, 0.2) is 6.20 Å². The van der Waals surface area contributed by atoms with Gasteiger partial charge in [-0.15, -0.1) is 0 Å². The summed E-state index contributed by atoms with van der Waals surface area (Å²) in [6, 6.07) is 0. The lowest BCUT2D eigenvalue weighted by molar-refractivity contribution is 0.725. The maximum atomic E-state index is 6.66. The second-order valence-electron chi connectivity index (χ2n) is 2.21. The third kappa shape index (κ3) is 1.01. The molecule has 3 nitrogen and oxygen atoms in total. The number of nitrogens with zero attached hydrogens (tertiary/aromatic N) is 3. The smallest absolute Gasteiger partial charge is 0.256 e. The van der Waals surface area contributed by atoms with Crippen LogP contribution in [0, 0.1) is 13.5 Å². The second-order valence-corrected chi connectivity index (χ2v) is 2.21. The van der Waals surface area contributed by atoms with Crippen molar-refractivity contribution >= 4 is 0 Å². The zero-order valence-electron chi connectivity index (χ0n) is 6.13. The van der Waals surface area contributed by atoms with E-state index in [0.717, 1.165) is 11.3 Å². The molecule has 0 N–H and O–H groups in total. The van der Waals surface area contributed by atoms with E-state index in [9.17, 15) is 0 Å². The van der Waals surface area contributed by atoms with Crippen molar-refractivity contribution in [3.05, 3.63) is 28.9 Å². The summed E-state index contributed by atoms with van der Waals surface area (Å²) in [5.74, 6) is 0. The average Bonchev–Trinajstić information content (AvgIpc) is 2.20. The Morgan fingerprint density at radius 3 is 2.90 bits per heavy atom. The SMILES string of the molecule is [C-]#[N+]Cc1c(C)cnn1C. The molecule has 0 aliphatic heterocycles. The number of hydrogen-bond acceptors (Lipinski definition) is 1. The standard InChI is InChI=1S/C7H9N3/c1-6-4-9-10(3)7(6)5-8-2/h4H,5H2,1,3H3. The molecule has 3 heteroatoms. The maximum Gasteiger partial charge on any atom is 0.256 e. The Balaban J connectivity index is 3.01. The van der Waals surface area contributed by atoms with Crippen LogP contribution in [0.3, 0.4) is 0 Å². The molecule has 0 bridgehead atoms. The van der Waals surface area contributed by atoms with Gasteiger partial charge >= 0.3 is 0 Å². The first kappa shape index (κ1) is 6.81. The minimum atomic E-state index is 0.433. The number of rotatable bonds is 1. The molecule has 0 saturated heterocycles. The Morgan fingerprint density at radius 1 is 1.80 bits per heavy atom. The molecule has 0 radical (unpaired) electrons. The highest BCUT2D eigenvalue weighted by Gasteiger charge is 2.04. The summed E-state index contributed by atoms with van der Waals surface area (Å²) in [7, 11) is 1.85. The molecule has 1 rings (SSSR count). The minimum absolute atomic E-state index is 0.433. The van der Waals surface area contributed by atoms with Crippen LogP contribution in [-0.4, -0.2) is 9.78 Å². The molecule has 0 aromatic carbocycles. The summed E-state index contributed by atoms with van der Waals surface area (Å²) >= 11 is 0. The summed E-state index contributed by atoms with van der Waals surface area (Å²) in [4.78, 5) is 3.29. The third-order valence-corrected chi connectivity index (χ3v) is 1.50. The fraction of sp³-hybridized carbons (Fsp3) is 0.429. The quantitative estimate of drug-likeness (QED) is 0.529. The van der Waals surface area contributed by atoms with Gasteiger partial charge in [0.25, 0.3) is 6.54 Å². The molecule has 0 fully saturated rings. The van der Waals surface area contributed by atoms with Crippen LogP contribution in [0.25, 0.3) is 4.85 Å². The average molecular weight is 135 g/mol. The highest BCUT2D eigenvalue weighted by atomic mass is 15.3. The van der Waals surface area contributed by atoms with Crippen molar-refractivity contribution in [1.29, 1.82) is 0 Å². The topological polar surface area (TPSA) is 22.2 Å². The Bertz CT molecular complexity index is 247. The molecular weight excluding hydrogens is 126 g/mol. The molecule has 1 aromatic heterocycles. The van der Waals surface area contributed by atoms with Gasteiger partial charge in [0, 0.05) is 7.05 Å². The predicted molar refractivity (Wildman–Crippen MR) is 38.3 cm³/mol. The van der Waals surface area contributed by atoms with Gasteiger partial charge in [-0.05, 0) is 12.5 Å². The predicted octanol–water partition coefficient (Wildman–Crippen LogP) is 1.15. The van der Waals surface area contributed by atoms with Crippen molar-refractivity contribution in [2.45, 2.75) is 13.5 Å². The lowest BCUT2D eigenvalue weighted by atomic mass is 10.3. The molecule has 1 heterocycles. The van der Waals surface area contributed by atoms with E-state index in [2.05, 4.69) is 9.94 Å². The normalized spacial score (nSPS) is 9.30. The van der Waals surface area contributed by atoms with E-state index in [1.807, 2.05) is 14.0 Å². The van der Waals surface area contributed by atoms with Crippen LogP contribution < -0.4 is 0 Å². The third-order valence-electron chi connectivity index (χ3n) is 1.50. The van der Waals surface area contributed by atoms with Crippen LogP contribution in [0.2, 0.25) is 0 Å². The Hall–Kier alpha value is -1.30. The van der Waals surface area contributed by atoms with E-state index in [1.165, 1.54) is 0 Å². The van der Waals surface area contributed by atoms with E-state index in [0.29, 0.717) is 6.54 Å². The van der Waals surface area contributed by atoms with E-state index < -0.39 is 0 Å². The van der Waals surface area contributed by atoms with Gasteiger partial charge < -0.3 is 4.85 Å². The molecule has 0 spiro atoms. The van der Waals surface area contributed by atoms with Crippen molar-refractivity contribution < 1.29 is 0 Å². The second kappa shape index (κ2) is 2.53. The number of hydrogen-bond donors (Lipinski definition) is 0. The van der Waals surface area contributed by atoms with Crippen LogP contribution in [-0.2, 0) is 13.6 Å². The highest BCUT2D eigenvalue weighted by Crippen LogP contribution is 2.05. The summed E-state index contributed by atoms with van der Waals surface area (Å²) in [5, 5.41) is 4.01. The number of aryl methyl sites for hydroxylation is 2. The van der Waals surface area contributed by atoms with E-state index in [-0.39, 0.29) is 0 Å². The van der Waals surface area contributed by atoms with Crippen LogP contribution >= 0.6 is 0 Å². The van der Waals surface area contributed by atoms with Crippen molar-refractivity contribution in [3.63, 3.8) is 0 Å². The monoisotopic (exact) mass is 135 g/mol. The van der Waals surface area contributed by atoms with Gasteiger partial charge in [-0.2, -0.15) is 5.10 Å². The van der Waals surface area contributed by atoms with E-state index >= 15 is 0 Å². The van der Waals surface area contributed by atoms with Crippen molar-refractivity contribution in [2.75, 3.05) is 0 Å². The summed E-state index contributed by atoms with van der Waals surface area (Å²) in [5.41, 5.74) is 2.11. The minimum Gasteiger partial charge on any atom is -0.310 e. The molecule has 1 aromatic rings. The Kier molecular flexibility index (Phi) is 1.72. The molecule has 0 saturated carbocycles. The summed E-state index contributed by atoms with van der Waals surface area (Å²) in [6.07, 6.45) is 1.78. The van der Waals surface area contributed by atoms with Crippen molar-refractivity contribution in [2.24, 2.45) is 7.05 Å². The zero-order chi connectivity index (χ0) is 7.56. The molecule has 0 aliphatic carbocycles. The Labute approximate surface area is 60.1 Å². The molecule has 0 amide bonds. The first-order valence-electron chi connectivity index (χ1n) is 3.06. The van der Waals surface area contributed by atoms with Crippen LogP contribution in [0.1, 0.15) is 11.3 Å². The van der Waals surface area contributed by atoms with Crippen molar-refractivity contribution in [1.82, 2.24) is 9.78 Å². The van der Waals surface area contributed by atoms with Gasteiger partial charge in [0.1, 0.15) is 5.69 Å². The zero-order valence-corrected chi connectivity index (χ0v) is 6.13. The number of aromatic nitrogens is 2. The van der Waals surface area contributed by atoms with Crippen LogP contribution in [0.4, 0.5) is 0 Å². The molecule has 0 unspecified atom stereocenters. The largest absolute Gasteiger partial charge is 0.310 e. The van der Waals surface area contributed by atoms with E-state index in [1.54, 1.807) is 10.9 Å². The van der Waals surface area contributed by atoms with Gasteiger partial charge in [-0.1, -0.05) is 0 Å². The van der Waals surface area contributed by atoms with Gasteiger partial charge in [0.15, 0.2) is 0 Å². The first-order valence-corrected chi connectivity index (χ1v) is 3.06. The maximum absolute atomic E-state index is 6.66.